The van der Waals surface area contributed by atoms with E-state index in [4.69, 9.17) is 17.3 Å². The van der Waals surface area contributed by atoms with E-state index in [9.17, 15) is 30.4 Å². The van der Waals surface area contributed by atoms with Crippen LogP contribution in [-0.2, 0) is 47.6 Å². The number of ether oxygens (including phenoxy) is 1. The van der Waals surface area contributed by atoms with Gasteiger partial charge in [-0.05, 0) is 57.2 Å². The molecule has 1 aliphatic heterocycles. The predicted molar refractivity (Wildman–Crippen MR) is 142 cm³/mol. The molecular weight excluding hydrogens is 584 g/mol. The molecule has 1 saturated heterocycles. The molecule has 40 heavy (non-hydrogen) atoms. The monoisotopic (exact) mass is 612 g/mol. The van der Waals surface area contributed by atoms with Gasteiger partial charge >= 0.3 is 0 Å². The Balaban J connectivity index is 1.72. The number of benzene rings is 3. The molecule has 1 fully saturated rings. The highest BCUT2D eigenvalue weighted by Crippen LogP contribution is 2.31. The number of hydrogen-bond acceptors (Lipinski definition) is 11. The van der Waals surface area contributed by atoms with Gasteiger partial charge in [0.15, 0.2) is 12.4 Å². The van der Waals surface area contributed by atoms with Crippen LogP contribution in [-0.4, -0.2) is 61.6 Å². The van der Waals surface area contributed by atoms with Crippen LogP contribution in [0.4, 0.5) is 0 Å². The molecule has 14 heteroatoms. The van der Waals surface area contributed by atoms with E-state index in [0.717, 1.165) is 16.7 Å². The van der Waals surface area contributed by atoms with Crippen molar-refractivity contribution in [3.63, 3.8) is 0 Å². The maximum Gasteiger partial charge on any atom is 0.297 e. The fourth-order valence-electron chi connectivity index (χ4n) is 3.80. The molecule has 0 aliphatic carbocycles. The van der Waals surface area contributed by atoms with E-state index < -0.39 is 61.6 Å². The average Bonchev–Trinajstić information content (AvgIpc) is 2.88. The lowest BCUT2D eigenvalue weighted by atomic mass is 10.1. The molecule has 1 N–H and O–H groups in total. The van der Waals surface area contributed by atoms with E-state index in [-0.39, 0.29) is 14.7 Å². The van der Waals surface area contributed by atoms with Gasteiger partial charge in [-0.1, -0.05) is 53.1 Å². The third-order valence-electron chi connectivity index (χ3n) is 6.06. The predicted octanol–water partition coefficient (Wildman–Crippen LogP) is 2.58. The smallest absolute Gasteiger partial charge is 0.297 e. The van der Waals surface area contributed by atoms with Gasteiger partial charge in [0.2, 0.25) is 0 Å². The SMILES string of the molecule is Cc1ccc(S(=O)(=O)O[C@@H]2[C@H](OS(=O)(=O)c3ccc(C)cc3)[C@H](OS(=O)(=O)c3ccc(C)cc3)CO[C@@H]2O)cc1. The Morgan fingerprint density at radius 2 is 0.900 bits per heavy atom. The second-order valence-corrected chi connectivity index (χ2v) is 14.0. The van der Waals surface area contributed by atoms with Crippen molar-refractivity contribution in [2.75, 3.05) is 6.61 Å². The minimum Gasteiger partial charge on any atom is -0.366 e. The maximum atomic E-state index is 13.2. The Morgan fingerprint density at radius 1 is 0.575 bits per heavy atom. The Morgan fingerprint density at radius 3 is 1.27 bits per heavy atom. The summed E-state index contributed by atoms with van der Waals surface area (Å²) in [5.41, 5.74) is 2.31. The quantitative estimate of drug-likeness (QED) is 0.354. The van der Waals surface area contributed by atoms with Crippen molar-refractivity contribution >= 4 is 30.4 Å². The van der Waals surface area contributed by atoms with Gasteiger partial charge in [0, 0.05) is 0 Å². The molecule has 0 aromatic heterocycles. The number of aliphatic hydroxyl groups excluding tert-OH is 1. The van der Waals surface area contributed by atoms with Crippen LogP contribution in [0.3, 0.4) is 0 Å². The topological polar surface area (TPSA) is 160 Å². The van der Waals surface area contributed by atoms with Gasteiger partial charge in [-0.15, -0.1) is 0 Å². The first-order valence-electron chi connectivity index (χ1n) is 12.0. The Labute approximate surface area is 233 Å². The second kappa shape index (κ2) is 11.7. The summed E-state index contributed by atoms with van der Waals surface area (Å²) in [6.45, 7) is 4.58. The molecule has 0 radical (unpaired) electrons. The van der Waals surface area contributed by atoms with Gasteiger partial charge in [0.1, 0.15) is 12.2 Å². The molecular formula is C26H28O11S3. The molecule has 0 saturated carbocycles. The van der Waals surface area contributed by atoms with Crippen molar-refractivity contribution in [2.45, 2.75) is 60.1 Å². The fraction of sp³-hybridized carbons (Fsp3) is 0.308. The summed E-state index contributed by atoms with van der Waals surface area (Å²) in [4.78, 5) is -0.825. The van der Waals surface area contributed by atoms with Crippen LogP contribution < -0.4 is 0 Å². The van der Waals surface area contributed by atoms with Gasteiger partial charge in [-0.25, -0.2) is 0 Å². The zero-order valence-electron chi connectivity index (χ0n) is 21.7. The number of hydrogen-bond donors (Lipinski definition) is 1. The van der Waals surface area contributed by atoms with Gasteiger partial charge in [-0.3, -0.25) is 12.5 Å². The summed E-state index contributed by atoms with van der Waals surface area (Å²) < 4.78 is 99.7. The number of aryl methyl sites for hydroxylation is 3. The molecule has 3 aromatic rings. The van der Waals surface area contributed by atoms with Gasteiger partial charge in [0.25, 0.3) is 30.4 Å². The highest BCUT2D eigenvalue weighted by Gasteiger charge is 2.49. The van der Waals surface area contributed by atoms with E-state index in [2.05, 4.69) is 0 Å². The molecule has 0 amide bonds. The van der Waals surface area contributed by atoms with Crippen molar-refractivity contribution in [1.29, 1.82) is 0 Å². The first kappa shape index (κ1) is 30.3. The Hall–Kier alpha value is -2.69. The van der Waals surface area contributed by atoms with Gasteiger partial charge in [0.05, 0.1) is 21.3 Å². The third kappa shape index (κ3) is 6.95. The normalized spacial score (nSPS) is 22.2. The van der Waals surface area contributed by atoms with E-state index >= 15 is 0 Å². The summed E-state index contributed by atoms with van der Waals surface area (Å²) in [5, 5.41) is 10.6. The summed E-state index contributed by atoms with van der Waals surface area (Å²) in [7, 11) is -13.8. The fourth-order valence-corrected chi connectivity index (χ4v) is 7.05. The van der Waals surface area contributed by atoms with Gasteiger partial charge in [-0.2, -0.15) is 25.3 Å². The summed E-state index contributed by atoms with van der Waals surface area (Å²) in [6.07, 6.45) is -7.73. The van der Waals surface area contributed by atoms with Crippen LogP contribution in [0.15, 0.2) is 87.5 Å². The summed E-state index contributed by atoms with van der Waals surface area (Å²) >= 11 is 0. The van der Waals surface area contributed by atoms with E-state index in [1.165, 1.54) is 72.8 Å². The lowest BCUT2D eigenvalue weighted by molar-refractivity contribution is -0.233. The number of aliphatic hydroxyl groups is 1. The van der Waals surface area contributed by atoms with Crippen LogP contribution in [0, 0.1) is 20.8 Å². The van der Waals surface area contributed by atoms with Crippen molar-refractivity contribution in [3.8, 4) is 0 Å². The van der Waals surface area contributed by atoms with Crippen molar-refractivity contribution in [3.05, 3.63) is 89.5 Å². The first-order valence-corrected chi connectivity index (χ1v) is 16.2. The van der Waals surface area contributed by atoms with Crippen molar-refractivity contribution in [1.82, 2.24) is 0 Å². The first-order chi connectivity index (χ1) is 18.7. The molecule has 0 bridgehead atoms. The van der Waals surface area contributed by atoms with Crippen LogP contribution in [0.1, 0.15) is 16.7 Å². The zero-order valence-corrected chi connectivity index (χ0v) is 24.1. The molecule has 3 aromatic carbocycles. The highest BCUT2D eigenvalue weighted by molar-refractivity contribution is 7.87. The molecule has 0 unspecified atom stereocenters. The standard InChI is InChI=1S/C26H28O11S3/c1-17-4-10-20(11-5-17)38(28,29)35-23-16-34-26(27)25(37-40(32,33)22-14-8-19(3)9-15-22)24(23)36-39(30,31)21-12-6-18(2)7-13-21/h4-15,23-27H,16H2,1-3H3/t23-,24-,25-,26+/m1/s1. The summed E-state index contributed by atoms with van der Waals surface area (Å²) in [6, 6.07) is 16.7. The Kier molecular flexibility index (Phi) is 8.82. The third-order valence-corrected chi connectivity index (χ3v) is 10.1. The molecule has 4 rings (SSSR count). The van der Waals surface area contributed by atoms with Crippen LogP contribution >= 0.6 is 0 Å². The molecule has 1 aliphatic rings. The maximum absolute atomic E-state index is 13.2. The second-order valence-electron chi connectivity index (χ2n) is 9.28. The molecule has 216 valence electrons. The molecule has 1 heterocycles. The minimum atomic E-state index is -4.63. The highest BCUT2D eigenvalue weighted by atomic mass is 32.2. The average molecular weight is 613 g/mol. The summed E-state index contributed by atoms with van der Waals surface area (Å²) in [5.74, 6) is 0. The molecule has 0 spiro atoms. The van der Waals surface area contributed by atoms with Crippen molar-refractivity contribution < 1.29 is 47.6 Å². The lowest BCUT2D eigenvalue weighted by Crippen LogP contribution is -2.57. The lowest BCUT2D eigenvalue weighted by Gasteiger charge is -2.38. The largest absolute Gasteiger partial charge is 0.366 e. The zero-order chi connectivity index (χ0) is 29.3. The number of rotatable bonds is 9. The molecule has 4 atom stereocenters. The van der Waals surface area contributed by atoms with Crippen molar-refractivity contribution in [2.24, 2.45) is 0 Å². The van der Waals surface area contributed by atoms with Gasteiger partial charge < -0.3 is 9.84 Å². The van der Waals surface area contributed by atoms with Crippen LogP contribution in [0.2, 0.25) is 0 Å². The van der Waals surface area contributed by atoms with E-state index in [1.807, 2.05) is 0 Å². The molecule has 11 nitrogen and oxygen atoms in total. The van der Waals surface area contributed by atoms with Crippen LogP contribution in [0.5, 0.6) is 0 Å². The van der Waals surface area contributed by atoms with Crippen LogP contribution in [0.25, 0.3) is 0 Å². The van der Waals surface area contributed by atoms with E-state index in [0.29, 0.717) is 0 Å². The van der Waals surface area contributed by atoms with E-state index in [1.54, 1.807) is 20.8 Å². The Bertz CT molecular complexity index is 1650. The minimum absolute atomic E-state index is 0.242.